The van der Waals surface area contributed by atoms with Gasteiger partial charge in [0.25, 0.3) is 0 Å². The molecule has 0 aliphatic rings. The summed E-state index contributed by atoms with van der Waals surface area (Å²) in [6, 6.07) is 0.232. The molecule has 0 fully saturated rings. The van der Waals surface area contributed by atoms with Crippen molar-refractivity contribution in [3.05, 3.63) is 18.3 Å². The monoisotopic (exact) mass is 277 g/mol. The third kappa shape index (κ3) is 2.30. The fourth-order valence-corrected chi connectivity index (χ4v) is 3.05. The molecule has 0 radical (unpaired) electrons. The maximum absolute atomic E-state index is 4.56. The highest BCUT2D eigenvalue weighted by Crippen LogP contribution is 2.28. The van der Waals surface area contributed by atoms with Crippen molar-refractivity contribution in [2.75, 3.05) is 5.32 Å². The van der Waals surface area contributed by atoms with E-state index in [4.69, 9.17) is 0 Å². The van der Waals surface area contributed by atoms with Crippen molar-refractivity contribution in [2.24, 2.45) is 7.05 Å². The highest BCUT2D eigenvalue weighted by atomic mass is 32.1. The van der Waals surface area contributed by atoms with Gasteiger partial charge in [0.2, 0.25) is 0 Å². The second kappa shape index (κ2) is 4.61. The maximum Gasteiger partial charge on any atom is 0.185 e. The van der Waals surface area contributed by atoms with Gasteiger partial charge in [0.05, 0.1) is 16.9 Å². The first-order valence-corrected chi connectivity index (χ1v) is 6.84. The van der Waals surface area contributed by atoms with Crippen LogP contribution in [0.4, 0.5) is 5.13 Å². The van der Waals surface area contributed by atoms with Gasteiger partial charge in [0.1, 0.15) is 12.7 Å². The molecular formula is C11H15N7S. The minimum absolute atomic E-state index is 0.232. The van der Waals surface area contributed by atoms with Crippen LogP contribution in [0.5, 0.6) is 0 Å². The van der Waals surface area contributed by atoms with E-state index in [2.05, 4.69) is 32.4 Å². The van der Waals surface area contributed by atoms with Crippen LogP contribution in [0.2, 0.25) is 0 Å². The molecule has 1 N–H and O–H groups in total. The predicted molar refractivity (Wildman–Crippen MR) is 74.2 cm³/mol. The Morgan fingerprint density at radius 2 is 2.32 bits per heavy atom. The van der Waals surface area contributed by atoms with Crippen LogP contribution in [-0.2, 0) is 13.6 Å². The van der Waals surface area contributed by atoms with E-state index < -0.39 is 0 Å². The van der Waals surface area contributed by atoms with E-state index in [1.54, 1.807) is 28.7 Å². The fraction of sp³-hybridized carbons (Fsp3) is 0.455. The molecule has 19 heavy (non-hydrogen) atoms. The number of hydrogen-bond acceptors (Lipinski definition) is 6. The number of nitrogens with zero attached hydrogens (tertiary/aromatic N) is 6. The van der Waals surface area contributed by atoms with Gasteiger partial charge in [-0.15, -0.1) is 0 Å². The quantitative estimate of drug-likeness (QED) is 0.781. The zero-order chi connectivity index (χ0) is 13.4. The summed E-state index contributed by atoms with van der Waals surface area (Å²) in [5, 5.41) is 12.7. The number of anilines is 1. The zero-order valence-corrected chi connectivity index (χ0v) is 11.8. The van der Waals surface area contributed by atoms with E-state index in [1.165, 1.54) is 0 Å². The summed E-state index contributed by atoms with van der Waals surface area (Å²) in [5.74, 6) is 0. The third-order valence-electron chi connectivity index (χ3n) is 2.84. The van der Waals surface area contributed by atoms with Gasteiger partial charge < -0.3 is 5.32 Å². The van der Waals surface area contributed by atoms with Crippen molar-refractivity contribution < 1.29 is 0 Å². The van der Waals surface area contributed by atoms with Crippen molar-refractivity contribution in [1.29, 1.82) is 0 Å². The Bertz CT molecular complexity index is 647. The highest BCUT2D eigenvalue weighted by molar-refractivity contribution is 7.22. The molecule has 3 aromatic rings. The van der Waals surface area contributed by atoms with Gasteiger partial charge >= 0.3 is 0 Å². The summed E-state index contributed by atoms with van der Waals surface area (Å²) in [7, 11) is 1.91. The molecule has 0 amide bonds. The van der Waals surface area contributed by atoms with Crippen LogP contribution in [-0.4, -0.2) is 35.6 Å². The SMILES string of the molecule is Cc1nn(C)c2nc(N[C@H](C)Cn3cncn3)sc12. The lowest BCUT2D eigenvalue weighted by Gasteiger charge is -2.11. The average molecular weight is 277 g/mol. The molecule has 8 heteroatoms. The minimum Gasteiger partial charge on any atom is -0.357 e. The average Bonchev–Trinajstić information content (AvgIpc) is 3.01. The summed E-state index contributed by atoms with van der Waals surface area (Å²) in [6.07, 6.45) is 3.25. The first-order valence-electron chi connectivity index (χ1n) is 6.02. The van der Waals surface area contributed by atoms with Crippen molar-refractivity contribution in [3.8, 4) is 0 Å². The summed E-state index contributed by atoms with van der Waals surface area (Å²) in [6.45, 7) is 4.86. The lowest BCUT2D eigenvalue weighted by atomic mass is 10.3. The molecule has 0 spiro atoms. The third-order valence-corrected chi connectivity index (χ3v) is 3.93. The second-order valence-electron chi connectivity index (χ2n) is 4.54. The standard InChI is InChI=1S/C11H15N7S/c1-7(4-18-6-12-5-13-18)14-11-15-10-9(19-11)8(2)16-17(10)3/h5-7H,4H2,1-3H3,(H,14,15)/t7-/m1/s1. The molecule has 0 aliphatic carbocycles. The van der Waals surface area contributed by atoms with Crippen LogP contribution in [0.15, 0.2) is 12.7 Å². The number of rotatable bonds is 4. The van der Waals surface area contributed by atoms with Gasteiger partial charge in [0, 0.05) is 13.1 Å². The molecule has 3 rings (SSSR count). The second-order valence-corrected chi connectivity index (χ2v) is 5.54. The molecule has 0 bridgehead atoms. The summed E-state index contributed by atoms with van der Waals surface area (Å²) in [4.78, 5) is 8.50. The molecule has 0 unspecified atom stereocenters. The first-order chi connectivity index (χ1) is 9.13. The van der Waals surface area contributed by atoms with Gasteiger partial charge in [-0.25, -0.2) is 14.6 Å². The van der Waals surface area contributed by atoms with Crippen molar-refractivity contribution in [2.45, 2.75) is 26.4 Å². The normalized spacial score (nSPS) is 13.0. The molecule has 0 aromatic carbocycles. The Kier molecular flexibility index (Phi) is 2.94. The summed E-state index contributed by atoms with van der Waals surface area (Å²) < 4.78 is 4.75. The molecular weight excluding hydrogens is 262 g/mol. The number of thiazole rings is 1. The zero-order valence-electron chi connectivity index (χ0n) is 11.0. The van der Waals surface area contributed by atoms with Crippen LogP contribution >= 0.6 is 11.3 Å². The van der Waals surface area contributed by atoms with Crippen molar-refractivity contribution in [1.82, 2.24) is 29.5 Å². The largest absolute Gasteiger partial charge is 0.357 e. The summed E-state index contributed by atoms with van der Waals surface area (Å²) in [5.41, 5.74) is 1.95. The molecule has 3 aromatic heterocycles. The molecule has 3 heterocycles. The number of fused-ring (bicyclic) bond motifs is 1. The van der Waals surface area contributed by atoms with Gasteiger partial charge in [-0.2, -0.15) is 10.2 Å². The van der Waals surface area contributed by atoms with Gasteiger partial charge in [-0.1, -0.05) is 11.3 Å². The van der Waals surface area contributed by atoms with Gasteiger partial charge in [-0.3, -0.25) is 4.68 Å². The lowest BCUT2D eigenvalue weighted by molar-refractivity contribution is 0.559. The van der Waals surface area contributed by atoms with E-state index in [0.717, 1.165) is 27.7 Å². The molecule has 0 aliphatic heterocycles. The van der Waals surface area contributed by atoms with E-state index >= 15 is 0 Å². The Hall–Kier alpha value is -1.96. The van der Waals surface area contributed by atoms with E-state index in [0.29, 0.717) is 0 Å². The first kappa shape index (κ1) is 12.1. The van der Waals surface area contributed by atoms with E-state index in [1.807, 2.05) is 18.7 Å². The van der Waals surface area contributed by atoms with Crippen molar-refractivity contribution >= 4 is 26.8 Å². The summed E-state index contributed by atoms with van der Waals surface area (Å²) >= 11 is 1.63. The topological polar surface area (TPSA) is 73.5 Å². The van der Waals surface area contributed by atoms with E-state index in [9.17, 15) is 0 Å². The number of aromatic nitrogens is 6. The minimum atomic E-state index is 0.232. The van der Waals surface area contributed by atoms with Crippen molar-refractivity contribution in [3.63, 3.8) is 0 Å². The molecule has 1 atom stereocenters. The van der Waals surface area contributed by atoms with Crippen LogP contribution in [0, 0.1) is 6.92 Å². The smallest absolute Gasteiger partial charge is 0.185 e. The maximum atomic E-state index is 4.56. The Balaban J connectivity index is 1.76. The van der Waals surface area contributed by atoms with E-state index in [-0.39, 0.29) is 6.04 Å². The predicted octanol–water partition coefficient (Wildman–Crippen LogP) is 1.43. The number of nitrogens with one attached hydrogen (secondary N) is 1. The number of hydrogen-bond donors (Lipinski definition) is 1. The van der Waals surface area contributed by atoms with Gasteiger partial charge in [-0.05, 0) is 13.8 Å². The molecule has 100 valence electrons. The molecule has 7 nitrogen and oxygen atoms in total. The molecule has 0 saturated carbocycles. The van der Waals surface area contributed by atoms with Gasteiger partial charge in [0.15, 0.2) is 10.8 Å². The fourth-order valence-electron chi connectivity index (χ4n) is 2.01. The highest BCUT2D eigenvalue weighted by Gasteiger charge is 2.13. The Labute approximate surface area is 114 Å². The van der Waals surface area contributed by atoms with Crippen LogP contribution in [0.1, 0.15) is 12.6 Å². The lowest BCUT2D eigenvalue weighted by Crippen LogP contribution is -2.22. The number of aryl methyl sites for hydroxylation is 2. The van der Waals surface area contributed by atoms with Crippen LogP contribution in [0.3, 0.4) is 0 Å². The van der Waals surface area contributed by atoms with Crippen LogP contribution < -0.4 is 5.32 Å². The Morgan fingerprint density at radius 3 is 3.00 bits per heavy atom. The molecule has 0 saturated heterocycles. The van der Waals surface area contributed by atoms with Crippen LogP contribution in [0.25, 0.3) is 10.3 Å². The Morgan fingerprint density at radius 1 is 1.47 bits per heavy atom.